The lowest BCUT2D eigenvalue weighted by Crippen LogP contribution is -2.40. The van der Waals surface area contributed by atoms with Crippen LogP contribution >= 0.6 is 0 Å². The van der Waals surface area contributed by atoms with Crippen LogP contribution in [0.4, 0.5) is 0 Å². The second-order valence-corrected chi connectivity index (χ2v) is 9.98. The van der Waals surface area contributed by atoms with Crippen molar-refractivity contribution in [2.24, 2.45) is 5.92 Å². The predicted octanol–water partition coefficient (Wildman–Crippen LogP) is 5.10. The summed E-state index contributed by atoms with van der Waals surface area (Å²) in [5.41, 5.74) is 3.83. The number of aromatic nitrogens is 3. The van der Waals surface area contributed by atoms with Crippen molar-refractivity contribution in [2.45, 2.75) is 45.1 Å². The monoisotopic (exact) mass is 478 g/mol. The molecule has 2 aromatic heterocycles. The van der Waals surface area contributed by atoms with Crippen LogP contribution in [-0.4, -0.2) is 44.2 Å². The summed E-state index contributed by atoms with van der Waals surface area (Å²) in [5.74, 6) is 1.42. The van der Waals surface area contributed by atoms with Crippen LogP contribution in [0.1, 0.15) is 47.6 Å². The molecule has 2 aliphatic heterocycles. The van der Waals surface area contributed by atoms with Crippen LogP contribution in [-0.2, 0) is 24.2 Å². The third-order valence-corrected chi connectivity index (χ3v) is 7.66. The van der Waals surface area contributed by atoms with Crippen molar-refractivity contribution < 1.29 is 9.59 Å². The summed E-state index contributed by atoms with van der Waals surface area (Å²) in [4.78, 5) is 36.9. The topological polar surface area (TPSA) is 68.1 Å². The highest BCUT2D eigenvalue weighted by Gasteiger charge is 2.28. The molecule has 36 heavy (non-hydrogen) atoms. The largest absolute Gasteiger partial charge is 0.339 e. The van der Waals surface area contributed by atoms with Gasteiger partial charge in [0.15, 0.2) is 0 Å². The predicted molar refractivity (Wildman–Crippen MR) is 140 cm³/mol. The molecule has 0 unspecified atom stereocenters. The smallest absolute Gasteiger partial charge is 0.253 e. The molecule has 6 rings (SSSR count). The Balaban J connectivity index is 1.13. The highest BCUT2D eigenvalue weighted by molar-refractivity contribution is 5.94. The lowest BCUT2D eigenvalue weighted by molar-refractivity contribution is -0.123. The van der Waals surface area contributed by atoms with Gasteiger partial charge in [0.05, 0.1) is 11.9 Å². The van der Waals surface area contributed by atoms with Crippen molar-refractivity contribution in [2.75, 3.05) is 13.1 Å². The van der Waals surface area contributed by atoms with Crippen LogP contribution in [0.25, 0.3) is 22.0 Å². The van der Waals surface area contributed by atoms with Crippen molar-refractivity contribution in [3.05, 3.63) is 84.1 Å². The molecule has 0 bridgehead atoms. The molecule has 1 amide bonds. The highest BCUT2D eigenvalue weighted by Crippen LogP contribution is 2.28. The minimum atomic E-state index is -0.0213. The number of nitrogens with zero attached hydrogens (tertiary/aromatic N) is 4. The zero-order valence-electron chi connectivity index (χ0n) is 20.4. The number of imidazole rings is 1. The number of fused-ring (bicyclic) bond motifs is 2. The first-order valence-electron chi connectivity index (χ1n) is 13.0. The quantitative estimate of drug-likeness (QED) is 0.400. The molecule has 2 aromatic carbocycles. The number of likely N-dealkylation sites (tertiary alicyclic amines) is 1. The molecule has 0 saturated carbocycles. The van der Waals surface area contributed by atoms with E-state index in [1.165, 1.54) is 18.7 Å². The first kappa shape index (κ1) is 22.7. The number of carbonyl (C=O) groups is 2. The molecule has 182 valence electrons. The van der Waals surface area contributed by atoms with E-state index in [0.29, 0.717) is 37.9 Å². The standard InChI is InChI=1S/C30H30N4O2/c35-28(21-11-14-33(15-12-21)30(36)22-6-2-1-3-7-22)18-26-17-25-16-23(9-10-24(25)19-31-26)27-20-32-29-8-4-5-13-34(27)29/h1-3,6-7,9-10,16-17,19-21H,4-5,8,11-15,18H2. The van der Waals surface area contributed by atoms with E-state index in [0.717, 1.165) is 40.7 Å². The average Bonchev–Trinajstić information content (AvgIpc) is 3.37. The first-order valence-corrected chi connectivity index (χ1v) is 13.0. The first-order chi connectivity index (χ1) is 17.7. The van der Waals surface area contributed by atoms with E-state index in [9.17, 15) is 9.59 Å². The molecule has 0 N–H and O–H groups in total. The maximum absolute atomic E-state index is 13.1. The number of benzene rings is 2. The number of amides is 1. The van der Waals surface area contributed by atoms with E-state index in [1.807, 2.05) is 47.6 Å². The summed E-state index contributed by atoms with van der Waals surface area (Å²) in [6.07, 6.45) is 9.06. The van der Waals surface area contributed by atoms with Crippen molar-refractivity contribution in [3.63, 3.8) is 0 Å². The minimum Gasteiger partial charge on any atom is -0.339 e. The third kappa shape index (κ3) is 4.43. The number of ketones is 1. The molecule has 0 atom stereocenters. The molecule has 4 aromatic rings. The molecule has 4 heterocycles. The summed E-state index contributed by atoms with van der Waals surface area (Å²) in [5, 5.41) is 2.17. The van der Waals surface area contributed by atoms with Gasteiger partial charge in [0, 0.05) is 66.8 Å². The lowest BCUT2D eigenvalue weighted by atomic mass is 9.89. The van der Waals surface area contributed by atoms with E-state index in [1.54, 1.807) is 0 Å². The molecular formula is C30H30N4O2. The van der Waals surface area contributed by atoms with Gasteiger partial charge >= 0.3 is 0 Å². The van der Waals surface area contributed by atoms with Crippen LogP contribution in [0, 0.1) is 5.92 Å². The van der Waals surface area contributed by atoms with Crippen molar-refractivity contribution in [1.29, 1.82) is 0 Å². The molecule has 6 nitrogen and oxygen atoms in total. The van der Waals surface area contributed by atoms with Gasteiger partial charge in [-0.1, -0.05) is 30.3 Å². The Morgan fingerprint density at radius 2 is 1.69 bits per heavy atom. The fourth-order valence-electron chi connectivity index (χ4n) is 5.58. The van der Waals surface area contributed by atoms with Crippen LogP contribution in [0.2, 0.25) is 0 Å². The van der Waals surface area contributed by atoms with Crippen molar-refractivity contribution in [1.82, 2.24) is 19.4 Å². The molecule has 2 aliphatic rings. The van der Waals surface area contributed by atoms with Gasteiger partial charge in [-0.25, -0.2) is 4.98 Å². The summed E-state index contributed by atoms with van der Waals surface area (Å²) >= 11 is 0. The summed E-state index contributed by atoms with van der Waals surface area (Å²) in [7, 11) is 0. The van der Waals surface area contributed by atoms with Gasteiger partial charge in [-0.2, -0.15) is 0 Å². The zero-order valence-corrected chi connectivity index (χ0v) is 20.4. The second-order valence-electron chi connectivity index (χ2n) is 9.98. The molecule has 0 radical (unpaired) electrons. The molecule has 1 fully saturated rings. The highest BCUT2D eigenvalue weighted by atomic mass is 16.2. The zero-order chi connectivity index (χ0) is 24.5. The van der Waals surface area contributed by atoms with Gasteiger partial charge in [-0.05, 0) is 55.3 Å². The number of pyridine rings is 1. The molecule has 1 saturated heterocycles. The van der Waals surface area contributed by atoms with Crippen LogP contribution in [0.15, 0.2) is 67.0 Å². The molecular weight excluding hydrogens is 448 g/mol. The fraction of sp³-hybridized carbons (Fsp3) is 0.333. The van der Waals surface area contributed by atoms with E-state index >= 15 is 0 Å². The van der Waals surface area contributed by atoms with Crippen molar-refractivity contribution in [3.8, 4) is 11.3 Å². The van der Waals surface area contributed by atoms with Gasteiger partial charge in [0.1, 0.15) is 11.6 Å². The number of hydrogen-bond donors (Lipinski definition) is 0. The second kappa shape index (κ2) is 9.69. The van der Waals surface area contributed by atoms with Crippen LogP contribution in [0.3, 0.4) is 0 Å². The minimum absolute atomic E-state index is 0.0213. The maximum atomic E-state index is 13.1. The van der Waals surface area contributed by atoms with Crippen molar-refractivity contribution >= 4 is 22.5 Å². The van der Waals surface area contributed by atoms with E-state index in [2.05, 4.69) is 38.8 Å². The maximum Gasteiger partial charge on any atom is 0.253 e. The summed E-state index contributed by atoms with van der Waals surface area (Å²) in [6, 6.07) is 17.9. The van der Waals surface area contributed by atoms with Gasteiger partial charge in [0.25, 0.3) is 5.91 Å². The Kier molecular flexibility index (Phi) is 6.09. The number of carbonyl (C=O) groups excluding carboxylic acids is 2. The number of Topliss-reactive ketones (excluding diaryl/α,β-unsaturated/α-hetero) is 1. The summed E-state index contributed by atoms with van der Waals surface area (Å²) in [6.45, 7) is 2.26. The van der Waals surface area contributed by atoms with E-state index < -0.39 is 0 Å². The Morgan fingerprint density at radius 1 is 0.861 bits per heavy atom. The Morgan fingerprint density at radius 3 is 2.53 bits per heavy atom. The fourth-order valence-corrected chi connectivity index (χ4v) is 5.58. The Labute approximate surface area is 211 Å². The number of piperidine rings is 1. The average molecular weight is 479 g/mol. The Bertz CT molecular complexity index is 1420. The Hall–Kier alpha value is -3.80. The van der Waals surface area contributed by atoms with Gasteiger partial charge in [-0.15, -0.1) is 0 Å². The van der Waals surface area contributed by atoms with Crippen LogP contribution in [0.5, 0.6) is 0 Å². The van der Waals surface area contributed by atoms with E-state index in [4.69, 9.17) is 0 Å². The van der Waals surface area contributed by atoms with Crippen LogP contribution < -0.4 is 0 Å². The SMILES string of the molecule is O=C(Cc1cc2cc(-c3cnc4n3CCCC4)ccc2cn1)C1CCN(C(=O)c2ccccc2)CC1. The molecule has 6 heteroatoms. The molecule has 0 spiro atoms. The lowest BCUT2D eigenvalue weighted by Gasteiger charge is -2.31. The number of rotatable bonds is 5. The van der Waals surface area contributed by atoms with E-state index in [-0.39, 0.29) is 17.6 Å². The number of aryl methyl sites for hydroxylation is 1. The van der Waals surface area contributed by atoms with Gasteiger partial charge in [0.2, 0.25) is 0 Å². The van der Waals surface area contributed by atoms with Gasteiger partial charge < -0.3 is 9.47 Å². The third-order valence-electron chi connectivity index (χ3n) is 7.66. The summed E-state index contributed by atoms with van der Waals surface area (Å²) < 4.78 is 2.34. The number of hydrogen-bond acceptors (Lipinski definition) is 4. The normalized spacial score (nSPS) is 16.2. The van der Waals surface area contributed by atoms with Gasteiger partial charge in [-0.3, -0.25) is 14.6 Å². The molecule has 0 aliphatic carbocycles.